The Hall–Kier alpha value is -2.17. The van der Waals surface area contributed by atoms with Crippen molar-refractivity contribution in [2.75, 3.05) is 13.1 Å². The molecule has 1 atom stereocenters. The van der Waals surface area contributed by atoms with Crippen LogP contribution in [-0.2, 0) is 17.8 Å². The molecule has 3 heterocycles. The van der Waals surface area contributed by atoms with Crippen LogP contribution in [0.5, 0.6) is 0 Å². The Kier molecular flexibility index (Phi) is 5.32. The highest BCUT2D eigenvalue weighted by Gasteiger charge is 2.28. The average molecular weight is 352 g/mol. The van der Waals surface area contributed by atoms with E-state index in [2.05, 4.69) is 20.7 Å². The van der Waals surface area contributed by atoms with Crippen LogP contribution >= 0.6 is 0 Å². The number of aryl methyl sites for hydroxylation is 1. The highest BCUT2D eigenvalue weighted by Crippen LogP contribution is 2.31. The SMILES string of the molecule is O=C(CCc1cccnc1)N1CCCC(c2nccn2CC2CCC2)C1. The molecule has 138 valence electrons. The van der Waals surface area contributed by atoms with Gasteiger partial charge in [-0.15, -0.1) is 0 Å². The first-order valence-electron chi connectivity index (χ1n) is 9.97. The molecule has 1 saturated heterocycles. The van der Waals surface area contributed by atoms with Crippen molar-refractivity contribution < 1.29 is 4.79 Å². The lowest BCUT2D eigenvalue weighted by Gasteiger charge is -2.34. The molecule has 1 saturated carbocycles. The van der Waals surface area contributed by atoms with Crippen molar-refractivity contribution >= 4 is 5.91 Å². The summed E-state index contributed by atoms with van der Waals surface area (Å²) in [5.74, 6) is 2.64. The van der Waals surface area contributed by atoms with E-state index in [1.54, 1.807) is 6.20 Å². The molecule has 1 amide bonds. The Bertz CT molecular complexity index is 723. The summed E-state index contributed by atoms with van der Waals surface area (Å²) in [5, 5.41) is 0. The maximum atomic E-state index is 12.7. The largest absolute Gasteiger partial charge is 0.342 e. The van der Waals surface area contributed by atoms with E-state index in [9.17, 15) is 4.79 Å². The number of pyridine rings is 1. The van der Waals surface area contributed by atoms with Crippen LogP contribution < -0.4 is 0 Å². The molecule has 2 aromatic heterocycles. The number of carbonyl (C=O) groups excluding carboxylic acids is 1. The molecule has 0 spiro atoms. The first-order valence-corrected chi connectivity index (χ1v) is 9.97. The third kappa shape index (κ3) is 3.97. The maximum absolute atomic E-state index is 12.7. The second kappa shape index (κ2) is 8.02. The van der Waals surface area contributed by atoms with Crippen molar-refractivity contribution in [3.05, 3.63) is 48.3 Å². The summed E-state index contributed by atoms with van der Waals surface area (Å²) < 4.78 is 2.35. The Morgan fingerprint density at radius 1 is 1.19 bits per heavy atom. The number of imidazole rings is 1. The number of carbonyl (C=O) groups is 1. The zero-order chi connectivity index (χ0) is 17.8. The fraction of sp³-hybridized carbons (Fsp3) is 0.571. The molecule has 0 radical (unpaired) electrons. The van der Waals surface area contributed by atoms with E-state index in [1.165, 1.54) is 25.1 Å². The monoisotopic (exact) mass is 352 g/mol. The minimum atomic E-state index is 0.260. The van der Waals surface area contributed by atoms with E-state index in [4.69, 9.17) is 0 Å². The molecule has 0 aromatic carbocycles. The Labute approximate surface area is 155 Å². The van der Waals surface area contributed by atoms with Gasteiger partial charge in [-0.3, -0.25) is 9.78 Å². The van der Waals surface area contributed by atoms with Gasteiger partial charge in [-0.05, 0) is 49.7 Å². The van der Waals surface area contributed by atoms with Crippen LogP contribution in [0, 0.1) is 5.92 Å². The molecule has 1 aliphatic carbocycles. The van der Waals surface area contributed by atoms with Crippen LogP contribution in [0.25, 0.3) is 0 Å². The van der Waals surface area contributed by atoms with Gasteiger partial charge in [0.25, 0.3) is 0 Å². The first-order chi connectivity index (χ1) is 12.8. The van der Waals surface area contributed by atoms with Crippen molar-refractivity contribution in [1.29, 1.82) is 0 Å². The molecule has 0 bridgehead atoms. The second-order valence-corrected chi connectivity index (χ2v) is 7.77. The van der Waals surface area contributed by atoms with Gasteiger partial charge in [0.1, 0.15) is 5.82 Å². The van der Waals surface area contributed by atoms with Crippen LogP contribution in [0.2, 0.25) is 0 Å². The molecular weight excluding hydrogens is 324 g/mol. The van der Waals surface area contributed by atoms with Crippen LogP contribution in [0.1, 0.15) is 55.8 Å². The van der Waals surface area contributed by atoms with Crippen LogP contribution in [0.4, 0.5) is 0 Å². The summed E-state index contributed by atoms with van der Waals surface area (Å²) in [4.78, 5) is 23.5. The molecular formula is C21H28N4O. The van der Waals surface area contributed by atoms with Gasteiger partial charge in [0.2, 0.25) is 5.91 Å². The number of likely N-dealkylation sites (tertiary alicyclic amines) is 1. The van der Waals surface area contributed by atoms with Crippen molar-refractivity contribution in [1.82, 2.24) is 19.4 Å². The van der Waals surface area contributed by atoms with Gasteiger partial charge in [0.05, 0.1) is 0 Å². The van der Waals surface area contributed by atoms with Gasteiger partial charge in [-0.1, -0.05) is 12.5 Å². The molecule has 0 N–H and O–H groups in total. The van der Waals surface area contributed by atoms with Crippen molar-refractivity contribution in [3.8, 4) is 0 Å². The lowest BCUT2D eigenvalue weighted by atomic mass is 9.85. The van der Waals surface area contributed by atoms with E-state index in [1.807, 2.05) is 29.4 Å². The van der Waals surface area contributed by atoms with Gasteiger partial charge < -0.3 is 9.47 Å². The van der Waals surface area contributed by atoms with E-state index in [-0.39, 0.29) is 5.91 Å². The van der Waals surface area contributed by atoms with E-state index in [0.717, 1.165) is 50.4 Å². The van der Waals surface area contributed by atoms with Crippen molar-refractivity contribution in [3.63, 3.8) is 0 Å². The number of piperidine rings is 1. The van der Waals surface area contributed by atoms with E-state index >= 15 is 0 Å². The number of rotatable bonds is 6. The van der Waals surface area contributed by atoms with Crippen molar-refractivity contribution in [2.24, 2.45) is 5.92 Å². The third-order valence-electron chi connectivity index (χ3n) is 5.92. The summed E-state index contributed by atoms with van der Waals surface area (Å²) in [6, 6.07) is 3.97. The predicted octanol–water partition coefficient (Wildman–Crippen LogP) is 3.42. The number of nitrogens with zero attached hydrogens (tertiary/aromatic N) is 4. The molecule has 2 aliphatic rings. The highest BCUT2D eigenvalue weighted by atomic mass is 16.2. The zero-order valence-electron chi connectivity index (χ0n) is 15.4. The van der Waals surface area contributed by atoms with Gasteiger partial charge in [0, 0.05) is 56.8 Å². The summed E-state index contributed by atoms with van der Waals surface area (Å²) in [5.41, 5.74) is 1.13. The standard InChI is InChI=1S/C21H28N4O/c26-20(9-8-17-6-2-10-22-14-17)24-12-3-7-19(16-24)21-23-11-13-25(21)15-18-4-1-5-18/h2,6,10-11,13-14,18-19H,1,3-5,7-9,12,15-16H2. The smallest absolute Gasteiger partial charge is 0.222 e. The summed E-state index contributed by atoms with van der Waals surface area (Å²) >= 11 is 0. The zero-order valence-corrected chi connectivity index (χ0v) is 15.4. The molecule has 5 heteroatoms. The van der Waals surface area contributed by atoms with Gasteiger partial charge >= 0.3 is 0 Å². The minimum Gasteiger partial charge on any atom is -0.342 e. The maximum Gasteiger partial charge on any atom is 0.222 e. The summed E-state index contributed by atoms with van der Waals surface area (Å²) in [7, 11) is 0. The van der Waals surface area contributed by atoms with E-state index in [0.29, 0.717) is 12.3 Å². The summed E-state index contributed by atoms with van der Waals surface area (Å²) in [6.45, 7) is 2.79. The number of hydrogen-bond donors (Lipinski definition) is 0. The van der Waals surface area contributed by atoms with Gasteiger partial charge in [0.15, 0.2) is 0 Å². The number of aromatic nitrogens is 3. The first kappa shape index (κ1) is 17.3. The van der Waals surface area contributed by atoms with Crippen molar-refractivity contribution in [2.45, 2.75) is 57.4 Å². The molecule has 2 fully saturated rings. The average Bonchev–Trinajstić information content (AvgIpc) is 3.12. The van der Waals surface area contributed by atoms with Crippen LogP contribution in [0.3, 0.4) is 0 Å². The number of amides is 1. The quantitative estimate of drug-likeness (QED) is 0.800. The molecule has 2 aromatic rings. The topological polar surface area (TPSA) is 51.0 Å². The molecule has 5 nitrogen and oxygen atoms in total. The fourth-order valence-electron chi connectivity index (χ4n) is 4.16. The molecule has 1 unspecified atom stereocenters. The number of hydrogen-bond acceptors (Lipinski definition) is 3. The third-order valence-corrected chi connectivity index (χ3v) is 5.92. The highest BCUT2D eigenvalue weighted by molar-refractivity contribution is 5.76. The van der Waals surface area contributed by atoms with Gasteiger partial charge in [-0.2, -0.15) is 0 Å². The fourth-order valence-corrected chi connectivity index (χ4v) is 4.16. The Balaban J connectivity index is 1.35. The van der Waals surface area contributed by atoms with E-state index < -0.39 is 0 Å². The Morgan fingerprint density at radius 3 is 2.88 bits per heavy atom. The summed E-state index contributed by atoms with van der Waals surface area (Å²) in [6.07, 6.45) is 15.3. The lowest BCUT2D eigenvalue weighted by molar-refractivity contribution is -0.132. The molecule has 26 heavy (non-hydrogen) atoms. The predicted molar refractivity (Wildman–Crippen MR) is 101 cm³/mol. The molecule has 4 rings (SSSR count). The van der Waals surface area contributed by atoms with Crippen LogP contribution in [-0.4, -0.2) is 38.4 Å². The Morgan fingerprint density at radius 2 is 2.12 bits per heavy atom. The minimum absolute atomic E-state index is 0.260. The molecule has 1 aliphatic heterocycles. The second-order valence-electron chi connectivity index (χ2n) is 7.77. The van der Waals surface area contributed by atoms with Crippen LogP contribution in [0.15, 0.2) is 36.9 Å². The lowest BCUT2D eigenvalue weighted by Crippen LogP contribution is -2.40. The normalized spacial score (nSPS) is 20.8. The van der Waals surface area contributed by atoms with Gasteiger partial charge in [-0.25, -0.2) is 4.98 Å².